The van der Waals surface area contributed by atoms with Crippen LogP contribution in [0.2, 0.25) is 0 Å². The average Bonchev–Trinajstić information content (AvgIpc) is 3.42. The van der Waals surface area contributed by atoms with Crippen molar-refractivity contribution >= 4 is 22.2 Å². The second kappa shape index (κ2) is 8.08. The number of hydrogen-bond acceptors (Lipinski definition) is 5. The Kier molecular flexibility index (Phi) is 5.38. The molecule has 142 valence electrons. The SMILES string of the molecule is COc1ccc(C(C(=O)NCCc2csc3ncnn23)C2CCCC2)cc1. The number of fused-ring (bicyclic) bond motifs is 1. The fraction of sp³-hybridized carbons (Fsp3) is 0.450. The van der Waals surface area contributed by atoms with Gasteiger partial charge in [0.05, 0.1) is 18.7 Å². The first-order valence-corrected chi connectivity index (χ1v) is 10.3. The molecular formula is C20H24N4O2S. The van der Waals surface area contributed by atoms with Crippen LogP contribution in [0.5, 0.6) is 5.75 Å². The first kappa shape index (κ1) is 18.0. The van der Waals surface area contributed by atoms with Gasteiger partial charge in [0.25, 0.3) is 0 Å². The van der Waals surface area contributed by atoms with Gasteiger partial charge in [0.2, 0.25) is 10.9 Å². The Morgan fingerprint density at radius 3 is 2.85 bits per heavy atom. The van der Waals surface area contributed by atoms with Crippen LogP contribution in [-0.4, -0.2) is 34.2 Å². The topological polar surface area (TPSA) is 68.5 Å². The average molecular weight is 385 g/mol. The summed E-state index contributed by atoms with van der Waals surface area (Å²) in [5.74, 6) is 1.27. The molecule has 0 bridgehead atoms. The Morgan fingerprint density at radius 1 is 1.33 bits per heavy atom. The molecule has 0 radical (unpaired) electrons. The third-order valence-electron chi connectivity index (χ3n) is 5.40. The Balaban J connectivity index is 1.44. The van der Waals surface area contributed by atoms with E-state index in [1.807, 2.05) is 28.8 Å². The molecule has 1 atom stereocenters. The minimum absolute atomic E-state index is 0.0905. The highest BCUT2D eigenvalue weighted by molar-refractivity contribution is 7.15. The number of aromatic nitrogens is 3. The minimum atomic E-state index is -0.0905. The monoisotopic (exact) mass is 384 g/mol. The van der Waals surface area contributed by atoms with Gasteiger partial charge in [0, 0.05) is 18.3 Å². The van der Waals surface area contributed by atoms with Crippen LogP contribution in [0.15, 0.2) is 36.0 Å². The lowest BCUT2D eigenvalue weighted by molar-refractivity contribution is -0.123. The van der Waals surface area contributed by atoms with E-state index in [2.05, 4.69) is 20.8 Å². The molecule has 1 aromatic carbocycles. The summed E-state index contributed by atoms with van der Waals surface area (Å²) in [5, 5.41) is 9.44. The second-order valence-corrected chi connectivity index (χ2v) is 7.85. The van der Waals surface area contributed by atoms with E-state index in [1.165, 1.54) is 12.8 Å². The Morgan fingerprint density at radius 2 is 2.11 bits per heavy atom. The molecule has 2 heterocycles. The first-order chi connectivity index (χ1) is 13.3. The predicted octanol–water partition coefficient (Wildman–Crippen LogP) is 3.43. The van der Waals surface area contributed by atoms with Crippen LogP contribution in [0.1, 0.15) is 42.9 Å². The van der Waals surface area contributed by atoms with Crippen molar-refractivity contribution in [1.29, 1.82) is 0 Å². The second-order valence-electron chi connectivity index (χ2n) is 7.02. The van der Waals surface area contributed by atoms with Gasteiger partial charge in [0.15, 0.2) is 0 Å². The number of rotatable bonds is 7. The minimum Gasteiger partial charge on any atom is -0.497 e. The molecule has 27 heavy (non-hydrogen) atoms. The lowest BCUT2D eigenvalue weighted by atomic mass is 9.84. The van der Waals surface area contributed by atoms with Crippen molar-refractivity contribution in [3.63, 3.8) is 0 Å². The first-order valence-electron chi connectivity index (χ1n) is 9.44. The summed E-state index contributed by atoms with van der Waals surface area (Å²) in [4.78, 5) is 18.1. The molecule has 3 aromatic rings. The molecule has 4 rings (SSSR count). The number of ether oxygens (including phenoxy) is 1. The quantitative estimate of drug-likeness (QED) is 0.678. The maximum Gasteiger partial charge on any atom is 0.227 e. The van der Waals surface area contributed by atoms with E-state index in [1.54, 1.807) is 24.8 Å². The molecule has 1 unspecified atom stereocenters. The van der Waals surface area contributed by atoms with E-state index in [-0.39, 0.29) is 11.8 Å². The molecule has 1 amide bonds. The number of nitrogens with one attached hydrogen (secondary N) is 1. The summed E-state index contributed by atoms with van der Waals surface area (Å²) in [5.41, 5.74) is 2.16. The van der Waals surface area contributed by atoms with Gasteiger partial charge >= 0.3 is 0 Å². The Hall–Kier alpha value is -2.41. The standard InChI is InChI=1S/C20H24N4O2S/c1-26-17-8-6-15(7-9-17)18(14-4-2-3-5-14)19(25)21-11-10-16-12-27-20-22-13-23-24(16)20/h6-9,12-14,18H,2-5,10-11H2,1H3,(H,21,25). The van der Waals surface area contributed by atoms with Crippen LogP contribution >= 0.6 is 11.3 Å². The molecule has 1 aliphatic carbocycles. The highest BCUT2D eigenvalue weighted by Gasteiger charge is 2.31. The molecule has 7 heteroatoms. The zero-order valence-corrected chi connectivity index (χ0v) is 16.2. The van der Waals surface area contributed by atoms with Gasteiger partial charge in [-0.05, 0) is 36.5 Å². The van der Waals surface area contributed by atoms with E-state index in [0.717, 1.165) is 41.2 Å². The normalized spacial score (nSPS) is 15.9. The molecule has 1 fully saturated rings. The summed E-state index contributed by atoms with van der Waals surface area (Å²) < 4.78 is 7.10. The van der Waals surface area contributed by atoms with Crippen molar-refractivity contribution < 1.29 is 9.53 Å². The maximum absolute atomic E-state index is 13.1. The third-order valence-corrected chi connectivity index (χ3v) is 6.28. The molecule has 1 N–H and O–H groups in total. The van der Waals surface area contributed by atoms with Crippen molar-refractivity contribution in [3.05, 3.63) is 47.2 Å². The van der Waals surface area contributed by atoms with Crippen molar-refractivity contribution in [2.24, 2.45) is 5.92 Å². The third kappa shape index (κ3) is 3.83. The van der Waals surface area contributed by atoms with Crippen LogP contribution in [0.3, 0.4) is 0 Å². The fourth-order valence-corrected chi connectivity index (χ4v) is 4.84. The van der Waals surface area contributed by atoms with Gasteiger partial charge in [-0.15, -0.1) is 11.3 Å². The van der Waals surface area contributed by atoms with Crippen molar-refractivity contribution in [2.45, 2.75) is 38.0 Å². The lowest BCUT2D eigenvalue weighted by Gasteiger charge is -2.23. The maximum atomic E-state index is 13.1. The number of hydrogen-bond donors (Lipinski definition) is 1. The molecule has 1 saturated carbocycles. The van der Waals surface area contributed by atoms with E-state index >= 15 is 0 Å². The molecule has 6 nitrogen and oxygen atoms in total. The Bertz CT molecular complexity index is 896. The van der Waals surface area contributed by atoms with Crippen LogP contribution in [-0.2, 0) is 11.2 Å². The van der Waals surface area contributed by atoms with Gasteiger partial charge in [0.1, 0.15) is 12.1 Å². The van der Waals surface area contributed by atoms with Crippen LogP contribution < -0.4 is 10.1 Å². The lowest BCUT2D eigenvalue weighted by Crippen LogP contribution is -2.34. The number of carbonyl (C=O) groups is 1. The largest absolute Gasteiger partial charge is 0.497 e. The van der Waals surface area contributed by atoms with Crippen molar-refractivity contribution in [2.75, 3.05) is 13.7 Å². The molecule has 0 saturated heterocycles. The number of benzene rings is 1. The summed E-state index contributed by atoms with van der Waals surface area (Å²) in [7, 11) is 1.66. The summed E-state index contributed by atoms with van der Waals surface area (Å²) in [6, 6.07) is 7.94. The van der Waals surface area contributed by atoms with E-state index in [4.69, 9.17) is 4.74 Å². The van der Waals surface area contributed by atoms with Crippen molar-refractivity contribution in [1.82, 2.24) is 19.9 Å². The highest BCUT2D eigenvalue weighted by atomic mass is 32.1. The zero-order valence-electron chi connectivity index (χ0n) is 15.4. The molecule has 2 aromatic heterocycles. The van der Waals surface area contributed by atoms with Gasteiger partial charge in [-0.2, -0.15) is 5.10 Å². The molecular weight excluding hydrogens is 360 g/mol. The Labute approximate surface area is 162 Å². The van der Waals surface area contributed by atoms with E-state index < -0.39 is 0 Å². The number of nitrogens with zero attached hydrogens (tertiary/aromatic N) is 3. The fourth-order valence-electron chi connectivity index (χ4n) is 4.01. The predicted molar refractivity (Wildman–Crippen MR) is 105 cm³/mol. The van der Waals surface area contributed by atoms with Crippen molar-refractivity contribution in [3.8, 4) is 5.75 Å². The number of amides is 1. The smallest absolute Gasteiger partial charge is 0.227 e. The van der Waals surface area contributed by atoms with E-state index in [9.17, 15) is 4.79 Å². The summed E-state index contributed by atoms with van der Waals surface area (Å²) in [6.07, 6.45) is 6.97. The number of carbonyl (C=O) groups excluding carboxylic acids is 1. The number of methoxy groups -OCH3 is 1. The van der Waals surface area contributed by atoms with Gasteiger partial charge in [-0.3, -0.25) is 4.79 Å². The van der Waals surface area contributed by atoms with Crippen LogP contribution in [0, 0.1) is 5.92 Å². The van der Waals surface area contributed by atoms with Crippen LogP contribution in [0.4, 0.5) is 0 Å². The zero-order chi connectivity index (χ0) is 18.6. The number of thiazole rings is 1. The molecule has 0 aliphatic heterocycles. The summed E-state index contributed by atoms with van der Waals surface area (Å²) in [6.45, 7) is 0.601. The summed E-state index contributed by atoms with van der Waals surface area (Å²) >= 11 is 1.57. The molecule has 0 spiro atoms. The van der Waals surface area contributed by atoms with E-state index in [0.29, 0.717) is 12.5 Å². The highest BCUT2D eigenvalue weighted by Crippen LogP contribution is 2.38. The van der Waals surface area contributed by atoms with Gasteiger partial charge in [-0.1, -0.05) is 25.0 Å². The van der Waals surface area contributed by atoms with Gasteiger partial charge < -0.3 is 10.1 Å². The van der Waals surface area contributed by atoms with Crippen LogP contribution in [0.25, 0.3) is 4.96 Å². The van der Waals surface area contributed by atoms with Gasteiger partial charge in [-0.25, -0.2) is 9.50 Å². The molecule has 1 aliphatic rings.